The maximum atomic E-state index is 5.74. The summed E-state index contributed by atoms with van der Waals surface area (Å²) < 4.78 is 1.13. The molecule has 14 heavy (non-hydrogen) atoms. The minimum Gasteiger partial charge on any atom is -0.381 e. The Kier molecular flexibility index (Phi) is 2.79. The van der Waals surface area contributed by atoms with Gasteiger partial charge in [-0.1, -0.05) is 6.07 Å². The lowest BCUT2D eigenvalue weighted by Gasteiger charge is -2.34. The van der Waals surface area contributed by atoms with Crippen LogP contribution in [0.2, 0.25) is 0 Å². The molecule has 0 saturated heterocycles. The molecule has 0 heterocycles. The number of benzene rings is 1. The predicted molar refractivity (Wildman–Crippen MR) is 63.5 cm³/mol. The van der Waals surface area contributed by atoms with Crippen LogP contribution in [0.25, 0.3) is 0 Å². The number of halogens is 1. The lowest BCUT2D eigenvalue weighted by Crippen LogP contribution is -2.44. The van der Waals surface area contributed by atoms with Crippen LogP contribution in [-0.4, -0.2) is 12.1 Å². The van der Waals surface area contributed by atoms with E-state index in [0.29, 0.717) is 12.1 Å². The van der Waals surface area contributed by atoms with Gasteiger partial charge in [-0.3, -0.25) is 0 Å². The van der Waals surface area contributed by atoms with E-state index in [1.165, 1.54) is 11.3 Å². The maximum Gasteiger partial charge on any atom is 0.0489 e. The van der Waals surface area contributed by atoms with Gasteiger partial charge in [-0.15, -0.1) is 0 Å². The normalized spacial score (nSPS) is 25.6. The number of hydrogen-bond acceptors (Lipinski definition) is 2. The molecule has 0 aliphatic heterocycles. The zero-order valence-corrected chi connectivity index (χ0v) is 9.84. The monoisotopic (exact) mass is 254 g/mol. The van der Waals surface area contributed by atoms with Gasteiger partial charge in [0.1, 0.15) is 0 Å². The molecule has 2 rings (SSSR count). The molecule has 0 aromatic heterocycles. The van der Waals surface area contributed by atoms with E-state index in [9.17, 15) is 0 Å². The van der Waals surface area contributed by atoms with E-state index in [2.05, 4.69) is 46.4 Å². The molecule has 1 aliphatic carbocycles. The fraction of sp³-hybridized carbons (Fsp3) is 0.455. The predicted octanol–water partition coefficient (Wildman–Crippen LogP) is 2.66. The number of hydrogen-bond donors (Lipinski definition) is 2. The van der Waals surface area contributed by atoms with Gasteiger partial charge in [0.15, 0.2) is 0 Å². The van der Waals surface area contributed by atoms with Crippen molar-refractivity contribution in [2.24, 2.45) is 5.73 Å². The molecule has 1 fully saturated rings. The highest BCUT2D eigenvalue weighted by Gasteiger charge is 2.25. The molecule has 2 nitrogen and oxygen atoms in total. The lowest BCUT2D eigenvalue weighted by atomic mass is 9.87. The maximum absolute atomic E-state index is 5.74. The Labute approximate surface area is 93.0 Å². The Morgan fingerprint density at radius 3 is 2.79 bits per heavy atom. The highest BCUT2D eigenvalue weighted by Crippen LogP contribution is 2.28. The number of nitrogens with two attached hydrogens (primary N) is 1. The zero-order chi connectivity index (χ0) is 10.1. The summed E-state index contributed by atoms with van der Waals surface area (Å²) in [5.41, 5.74) is 8.20. The molecule has 0 amide bonds. The van der Waals surface area contributed by atoms with E-state index in [1.807, 2.05) is 0 Å². The molecule has 76 valence electrons. The van der Waals surface area contributed by atoms with Crippen molar-refractivity contribution in [3.63, 3.8) is 0 Å². The highest BCUT2D eigenvalue weighted by molar-refractivity contribution is 9.10. The van der Waals surface area contributed by atoms with Crippen LogP contribution in [0.5, 0.6) is 0 Å². The second-order valence-corrected chi connectivity index (χ2v) is 4.91. The molecule has 1 saturated carbocycles. The lowest BCUT2D eigenvalue weighted by molar-refractivity contribution is 0.373. The quantitative estimate of drug-likeness (QED) is 0.852. The SMILES string of the molecule is Cc1ccc(Br)c(NC2CC(N)C2)c1. The Morgan fingerprint density at radius 1 is 1.43 bits per heavy atom. The summed E-state index contributed by atoms with van der Waals surface area (Å²) in [6, 6.07) is 7.30. The summed E-state index contributed by atoms with van der Waals surface area (Å²) in [6.45, 7) is 2.10. The third-order valence-electron chi connectivity index (χ3n) is 2.66. The Balaban J connectivity index is 2.05. The molecule has 0 unspecified atom stereocenters. The van der Waals surface area contributed by atoms with E-state index in [1.54, 1.807) is 0 Å². The highest BCUT2D eigenvalue weighted by atomic mass is 79.9. The second-order valence-electron chi connectivity index (χ2n) is 4.06. The van der Waals surface area contributed by atoms with Crippen molar-refractivity contribution in [3.05, 3.63) is 28.2 Å². The molecular formula is C11H15BrN2. The first-order valence-electron chi connectivity index (χ1n) is 4.93. The Morgan fingerprint density at radius 2 is 2.14 bits per heavy atom. The minimum absolute atomic E-state index is 0.399. The van der Waals surface area contributed by atoms with Crippen LogP contribution >= 0.6 is 15.9 Å². The van der Waals surface area contributed by atoms with Crippen molar-refractivity contribution in [3.8, 4) is 0 Å². The summed E-state index contributed by atoms with van der Waals surface area (Å²) >= 11 is 3.53. The fourth-order valence-corrected chi connectivity index (χ4v) is 2.11. The second kappa shape index (κ2) is 3.91. The van der Waals surface area contributed by atoms with E-state index in [4.69, 9.17) is 5.73 Å². The molecule has 0 bridgehead atoms. The molecule has 0 spiro atoms. The number of anilines is 1. The molecule has 3 heteroatoms. The van der Waals surface area contributed by atoms with Gasteiger partial charge in [0, 0.05) is 22.2 Å². The van der Waals surface area contributed by atoms with Gasteiger partial charge in [-0.25, -0.2) is 0 Å². The van der Waals surface area contributed by atoms with Gasteiger partial charge in [-0.05, 0) is 53.4 Å². The standard InChI is InChI=1S/C11H15BrN2/c1-7-2-3-10(12)11(4-7)14-9-5-8(13)6-9/h2-4,8-9,14H,5-6,13H2,1H3. The van der Waals surface area contributed by atoms with E-state index in [0.717, 1.165) is 17.3 Å². The topological polar surface area (TPSA) is 38.0 Å². The van der Waals surface area contributed by atoms with Gasteiger partial charge < -0.3 is 11.1 Å². The summed E-state index contributed by atoms with van der Waals surface area (Å²) in [7, 11) is 0. The van der Waals surface area contributed by atoms with Crippen LogP contribution in [0, 0.1) is 6.92 Å². The number of nitrogens with one attached hydrogen (secondary N) is 1. The smallest absolute Gasteiger partial charge is 0.0489 e. The summed E-state index contributed by atoms with van der Waals surface area (Å²) in [6.07, 6.45) is 2.17. The number of rotatable bonds is 2. The first-order chi connectivity index (χ1) is 6.65. The van der Waals surface area contributed by atoms with Crippen LogP contribution in [0.3, 0.4) is 0 Å². The largest absolute Gasteiger partial charge is 0.381 e. The van der Waals surface area contributed by atoms with E-state index >= 15 is 0 Å². The average Bonchev–Trinajstić information content (AvgIpc) is 2.09. The molecule has 1 aromatic carbocycles. The van der Waals surface area contributed by atoms with Gasteiger partial charge in [0.2, 0.25) is 0 Å². The number of aryl methyl sites for hydroxylation is 1. The zero-order valence-electron chi connectivity index (χ0n) is 8.26. The minimum atomic E-state index is 0.399. The Hall–Kier alpha value is -0.540. The van der Waals surface area contributed by atoms with Crippen LogP contribution in [0.1, 0.15) is 18.4 Å². The van der Waals surface area contributed by atoms with Crippen LogP contribution in [-0.2, 0) is 0 Å². The first-order valence-corrected chi connectivity index (χ1v) is 5.73. The third-order valence-corrected chi connectivity index (χ3v) is 3.35. The van der Waals surface area contributed by atoms with Gasteiger partial charge in [0.25, 0.3) is 0 Å². The van der Waals surface area contributed by atoms with Crippen molar-refractivity contribution < 1.29 is 0 Å². The van der Waals surface area contributed by atoms with Crippen molar-refractivity contribution in [2.45, 2.75) is 31.8 Å². The first kappa shape index (κ1) is 9.99. The summed E-state index contributed by atoms with van der Waals surface area (Å²) in [4.78, 5) is 0. The molecule has 1 aliphatic rings. The summed E-state index contributed by atoms with van der Waals surface area (Å²) in [5.74, 6) is 0. The average molecular weight is 255 g/mol. The molecule has 1 aromatic rings. The fourth-order valence-electron chi connectivity index (χ4n) is 1.75. The summed E-state index contributed by atoms with van der Waals surface area (Å²) in [5, 5.41) is 3.49. The van der Waals surface area contributed by atoms with Gasteiger partial charge in [-0.2, -0.15) is 0 Å². The Bertz CT molecular complexity index is 332. The van der Waals surface area contributed by atoms with E-state index in [-0.39, 0.29) is 0 Å². The van der Waals surface area contributed by atoms with Gasteiger partial charge in [0.05, 0.1) is 0 Å². The molecule has 3 N–H and O–H groups in total. The van der Waals surface area contributed by atoms with Crippen LogP contribution < -0.4 is 11.1 Å². The van der Waals surface area contributed by atoms with Crippen molar-refractivity contribution in [2.75, 3.05) is 5.32 Å². The third kappa shape index (κ3) is 2.10. The van der Waals surface area contributed by atoms with Crippen LogP contribution in [0.15, 0.2) is 22.7 Å². The van der Waals surface area contributed by atoms with Crippen molar-refractivity contribution in [1.29, 1.82) is 0 Å². The van der Waals surface area contributed by atoms with Gasteiger partial charge >= 0.3 is 0 Å². The molecule has 0 radical (unpaired) electrons. The van der Waals surface area contributed by atoms with Crippen molar-refractivity contribution >= 4 is 21.6 Å². The van der Waals surface area contributed by atoms with E-state index < -0.39 is 0 Å². The molecular weight excluding hydrogens is 240 g/mol. The van der Waals surface area contributed by atoms with Crippen molar-refractivity contribution in [1.82, 2.24) is 0 Å². The molecule has 0 atom stereocenters. The van der Waals surface area contributed by atoms with Crippen LogP contribution in [0.4, 0.5) is 5.69 Å².